The SMILES string of the molecule is N#[C][K].[NaH]. The molecule has 0 radical (unpaired) electrons. The van der Waals surface area contributed by atoms with E-state index < -0.39 is 0 Å². The molecule has 0 bridgehead atoms. The first kappa shape index (κ1) is 9.46. The van der Waals surface area contributed by atoms with E-state index in [1.165, 1.54) is 0 Å². The van der Waals surface area contributed by atoms with Crippen LogP contribution in [0.2, 0.25) is 0 Å². The molecule has 0 aliphatic carbocycles. The van der Waals surface area contributed by atoms with Crippen molar-refractivity contribution >= 4 is 78.5 Å². The van der Waals surface area contributed by atoms with E-state index in [4.69, 9.17) is 5.26 Å². The topological polar surface area (TPSA) is 23.8 Å². The molecule has 0 saturated carbocycles. The number of hydrogen-bond acceptors (Lipinski definition) is 1. The monoisotopic (exact) mass is 89.0 g/mol. The zero-order chi connectivity index (χ0) is 2.71. The molecule has 0 rings (SSSR count). The molecule has 1 nitrogen and oxygen atoms in total. The van der Waals surface area contributed by atoms with E-state index in [1.54, 1.807) is 0 Å². The quantitative estimate of drug-likeness (QED) is 0.349. The van der Waals surface area contributed by atoms with Gasteiger partial charge in [0.25, 0.3) is 0 Å². The number of nitriles is 1. The summed E-state index contributed by atoms with van der Waals surface area (Å²) in [7, 11) is 0. The third kappa shape index (κ3) is 8.92. The molecule has 0 spiro atoms. The molecule has 0 amide bonds. The van der Waals surface area contributed by atoms with Gasteiger partial charge in [0, 0.05) is 0 Å². The van der Waals surface area contributed by atoms with Gasteiger partial charge in [-0.3, -0.25) is 0 Å². The van der Waals surface area contributed by atoms with Crippen molar-refractivity contribution in [2.24, 2.45) is 0 Å². The number of rotatable bonds is 0. The molecular weight excluding hydrogens is 88.1 g/mol. The maximum absolute atomic E-state index is 7.40. The molecule has 0 aromatic rings. The van der Waals surface area contributed by atoms with E-state index in [9.17, 15) is 0 Å². The van der Waals surface area contributed by atoms with Gasteiger partial charge in [0.05, 0.1) is 0 Å². The van der Waals surface area contributed by atoms with Crippen LogP contribution in [0.1, 0.15) is 0 Å². The minimum atomic E-state index is 0. The molecule has 0 atom stereocenters. The zero-order valence-electron chi connectivity index (χ0n) is 1.95. The van der Waals surface area contributed by atoms with Gasteiger partial charge < -0.3 is 0 Å². The minimum absolute atomic E-state index is 0. The van der Waals surface area contributed by atoms with Gasteiger partial charge in [0.1, 0.15) is 0 Å². The number of nitrogens with zero attached hydrogens (tertiary/aromatic N) is 1. The Balaban J connectivity index is 0. The average molecular weight is 89.1 g/mol. The Kier molecular flexibility index (Phi) is 21.1. The molecule has 0 aromatic heterocycles. The first-order valence-electron chi connectivity index (χ1n) is 0.724. The second kappa shape index (κ2) is 8.93. The fourth-order valence-corrected chi connectivity index (χ4v) is 0. The predicted molar refractivity (Wildman–Crippen MR) is 18.5 cm³/mol. The van der Waals surface area contributed by atoms with E-state index in [0.29, 0.717) is 49.0 Å². The van der Waals surface area contributed by atoms with Gasteiger partial charge in [-0.1, -0.05) is 0 Å². The summed E-state index contributed by atoms with van der Waals surface area (Å²) in [4.78, 5) is 0. The van der Waals surface area contributed by atoms with Gasteiger partial charge in [-0.15, -0.1) is 0 Å². The fourth-order valence-electron chi connectivity index (χ4n) is 0. The van der Waals surface area contributed by atoms with Gasteiger partial charge in [0.15, 0.2) is 0 Å². The van der Waals surface area contributed by atoms with Gasteiger partial charge in [0.2, 0.25) is 0 Å². The molecule has 0 aliphatic rings. The van der Waals surface area contributed by atoms with E-state index in [1.807, 2.05) is 0.164 Å². The van der Waals surface area contributed by atoms with Crippen LogP contribution in [0.5, 0.6) is 0 Å². The predicted octanol–water partition coefficient (Wildman–Crippen LogP) is -1.01. The van der Waals surface area contributed by atoms with Crippen molar-refractivity contribution in [1.29, 1.82) is 5.26 Å². The molecular formula is CHKNNa. The number of hydrogen-bond donors (Lipinski definition) is 0. The Hall–Kier alpha value is 2.13. The van der Waals surface area contributed by atoms with Crippen LogP contribution in [0.15, 0.2) is 0 Å². The van der Waals surface area contributed by atoms with Crippen LogP contribution in [0, 0.1) is 5.43 Å². The summed E-state index contributed by atoms with van der Waals surface area (Å²) in [6.07, 6.45) is 0. The summed E-state index contributed by atoms with van der Waals surface area (Å²) < 4.78 is 1.94. The molecule has 0 unspecified atom stereocenters. The van der Waals surface area contributed by atoms with Crippen LogP contribution in [-0.2, 0) is 0 Å². The molecule has 0 saturated heterocycles. The van der Waals surface area contributed by atoms with Gasteiger partial charge in [-0.05, 0) is 0 Å². The second-order valence-electron chi connectivity index (χ2n) is 0.224. The third-order valence-electron chi connectivity index (χ3n) is 0. The van der Waals surface area contributed by atoms with Crippen molar-refractivity contribution in [3.05, 3.63) is 0 Å². The van der Waals surface area contributed by atoms with Crippen molar-refractivity contribution in [2.45, 2.75) is 0 Å². The van der Waals surface area contributed by atoms with Crippen LogP contribution in [0.4, 0.5) is 0 Å². The first-order chi connectivity index (χ1) is 1.41. The Labute approximate surface area is 81.6 Å². The van der Waals surface area contributed by atoms with Crippen molar-refractivity contribution in [3.8, 4) is 0.164 Å². The second-order valence-corrected chi connectivity index (χ2v) is 0.922. The summed E-state index contributed by atoms with van der Waals surface area (Å²) in [6.45, 7) is 0. The summed E-state index contributed by atoms with van der Waals surface area (Å²) in [5.74, 6) is 0. The fraction of sp³-hybridized carbons (Fsp3) is 0. The summed E-state index contributed by atoms with van der Waals surface area (Å²) in [6, 6.07) is 0. The first-order valence-corrected chi connectivity index (χ1v) is 2.29. The molecule has 0 aromatic carbocycles. The van der Waals surface area contributed by atoms with Crippen molar-refractivity contribution in [2.75, 3.05) is 0 Å². The summed E-state index contributed by atoms with van der Waals surface area (Å²) >= 11 is 0.410. The van der Waals surface area contributed by atoms with Crippen LogP contribution >= 0.6 is 0 Å². The van der Waals surface area contributed by atoms with E-state index in [2.05, 4.69) is 0 Å². The van der Waals surface area contributed by atoms with Gasteiger partial charge >= 0.3 is 83.9 Å². The Morgan fingerprint density at radius 1 is 1.75 bits per heavy atom. The summed E-state index contributed by atoms with van der Waals surface area (Å²) in [5.41, 5.74) is 0. The normalized spacial score (nSPS) is 2.25. The van der Waals surface area contributed by atoms with Crippen molar-refractivity contribution in [3.63, 3.8) is 0 Å². The molecule has 12 valence electrons. The molecule has 4 heavy (non-hydrogen) atoms. The van der Waals surface area contributed by atoms with Crippen LogP contribution in [0.25, 0.3) is 0 Å². The van der Waals surface area contributed by atoms with Crippen molar-refractivity contribution < 1.29 is 0 Å². The van der Waals surface area contributed by atoms with Crippen LogP contribution < -0.4 is 0 Å². The molecule has 0 heterocycles. The van der Waals surface area contributed by atoms with E-state index in [0.717, 1.165) is 0 Å². The third-order valence-corrected chi connectivity index (χ3v) is 0. The van der Waals surface area contributed by atoms with Crippen LogP contribution in [-0.4, -0.2) is 78.5 Å². The molecule has 0 N–H and O–H groups in total. The Morgan fingerprint density at radius 3 is 1.75 bits per heavy atom. The van der Waals surface area contributed by atoms with Crippen LogP contribution in [0.3, 0.4) is 0 Å². The maximum atomic E-state index is 7.40. The van der Waals surface area contributed by atoms with E-state index >= 15 is 0 Å². The molecule has 0 fully saturated rings. The zero-order valence-corrected chi connectivity index (χ0v) is 5.07. The van der Waals surface area contributed by atoms with Crippen molar-refractivity contribution in [1.82, 2.24) is 0 Å². The van der Waals surface area contributed by atoms with Gasteiger partial charge in [-0.2, -0.15) is 0 Å². The average Bonchev–Trinajstić information content (AvgIpc) is 0.918. The Bertz CT molecular complexity index is 29.5. The summed E-state index contributed by atoms with van der Waals surface area (Å²) in [5, 5.41) is 7.40. The van der Waals surface area contributed by atoms with Gasteiger partial charge in [-0.25, -0.2) is 0 Å². The van der Waals surface area contributed by atoms with E-state index in [-0.39, 0.29) is 29.6 Å². The standard InChI is InChI=1S/CN.K.Na.H/c1-2;;;. The molecule has 3 heteroatoms. The molecule has 0 aliphatic heterocycles. The Morgan fingerprint density at radius 2 is 1.75 bits per heavy atom.